The molecule has 6 heteroatoms. The largest absolute Gasteiger partial charge is 0.478 e. The molecule has 0 aromatic heterocycles. The van der Waals surface area contributed by atoms with Gasteiger partial charge >= 0.3 is 5.97 Å². The number of nitrogens with zero attached hydrogens (tertiary/aromatic N) is 1. The van der Waals surface area contributed by atoms with E-state index < -0.39 is 16.0 Å². The summed E-state index contributed by atoms with van der Waals surface area (Å²) in [4.78, 5) is 11.1. The van der Waals surface area contributed by atoms with Crippen LogP contribution in [0, 0.1) is 20.8 Å². The van der Waals surface area contributed by atoms with E-state index in [0.29, 0.717) is 11.3 Å². The fourth-order valence-corrected chi connectivity index (χ4v) is 3.96. The van der Waals surface area contributed by atoms with Crippen LogP contribution < -0.4 is 4.31 Å². The maximum Gasteiger partial charge on any atom is 0.335 e. The Kier molecular flexibility index (Phi) is 4.47. The molecular formula is C17H19NO4S. The number of rotatable bonds is 4. The minimum Gasteiger partial charge on any atom is -0.478 e. The van der Waals surface area contributed by atoms with Crippen LogP contribution in [0.4, 0.5) is 5.69 Å². The summed E-state index contributed by atoms with van der Waals surface area (Å²) in [5, 5.41) is 9.09. The molecule has 0 saturated carbocycles. The van der Waals surface area contributed by atoms with Crippen LogP contribution >= 0.6 is 0 Å². The van der Waals surface area contributed by atoms with E-state index in [4.69, 9.17) is 5.11 Å². The summed E-state index contributed by atoms with van der Waals surface area (Å²) >= 11 is 0. The summed E-state index contributed by atoms with van der Waals surface area (Å²) in [6.45, 7) is 5.43. The van der Waals surface area contributed by atoms with Crippen molar-refractivity contribution in [3.63, 3.8) is 0 Å². The molecule has 0 heterocycles. The first-order chi connectivity index (χ1) is 10.6. The molecule has 1 N–H and O–H groups in total. The molecule has 0 aliphatic heterocycles. The third-order valence-electron chi connectivity index (χ3n) is 3.77. The van der Waals surface area contributed by atoms with Crippen LogP contribution in [0.15, 0.2) is 41.3 Å². The molecule has 0 unspecified atom stereocenters. The quantitative estimate of drug-likeness (QED) is 0.933. The van der Waals surface area contributed by atoms with Crippen molar-refractivity contribution in [1.82, 2.24) is 0 Å². The lowest BCUT2D eigenvalue weighted by Crippen LogP contribution is -2.28. The van der Waals surface area contributed by atoms with Gasteiger partial charge in [-0.15, -0.1) is 0 Å². The second kappa shape index (κ2) is 6.04. The van der Waals surface area contributed by atoms with Gasteiger partial charge in [-0.05, 0) is 50.1 Å². The van der Waals surface area contributed by atoms with Gasteiger partial charge in [-0.25, -0.2) is 13.2 Å². The van der Waals surface area contributed by atoms with E-state index in [2.05, 4.69) is 0 Å². The second-order valence-electron chi connectivity index (χ2n) is 5.55. The van der Waals surface area contributed by atoms with Crippen molar-refractivity contribution >= 4 is 21.7 Å². The highest BCUT2D eigenvalue weighted by atomic mass is 32.2. The van der Waals surface area contributed by atoms with Crippen molar-refractivity contribution in [2.24, 2.45) is 0 Å². The number of carbonyl (C=O) groups is 1. The molecule has 0 radical (unpaired) electrons. The molecule has 23 heavy (non-hydrogen) atoms. The Hall–Kier alpha value is -2.34. The van der Waals surface area contributed by atoms with E-state index in [-0.39, 0.29) is 10.5 Å². The molecular weight excluding hydrogens is 314 g/mol. The standard InChI is InChI=1S/C17H19NO4S/c1-11-5-8-15(13(3)9-11)18(4)23(21,22)16-10-14(17(19)20)7-6-12(16)2/h5-10H,1-4H3,(H,19,20). The van der Waals surface area contributed by atoms with Gasteiger partial charge in [0.05, 0.1) is 16.1 Å². The van der Waals surface area contributed by atoms with Gasteiger partial charge in [0.1, 0.15) is 0 Å². The number of hydrogen-bond acceptors (Lipinski definition) is 3. The van der Waals surface area contributed by atoms with Crippen LogP contribution in [0.3, 0.4) is 0 Å². The van der Waals surface area contributed by atoms with Gasteiger partial charge in [0.2, 0.25) is 0 Å². The van der Waals surface area contributed by atoms with E-state index in [0.717, 1.165) is 11.1 Å². The molecule has 2 aromatic rings. The molecule has 0 aliphatic carbocycles. The number of aryl methyl sites for hydroxylation is 3. The number of sulfonamides is 1. The number of carboxylic acids is 1. The Morgan fingerprint density at radius 1 is 1.00 bits per heavy atom. The average Bonchev–Trinajstić information content (AvgIpc) is 2.46. The summed E-state index contributed by atoms with van der Waals surface area (Å²) in [7, 11) is -2.37. The molecule has 0 atom stereocenters. The van der Waals surface area contributed by atoms with Gasteiger partial charge in [-0.3, -0.25) is 4.31 Å². The zero-order valence-electron chi connectivity index (χ0n) is 13.5. The van der Waals surface area contributed by atoms with Crippen molar-refractivity contribution in [2.45, 2.75) is 25.7 Å². The molecule has 0 bridgehead atoms. The zero-order valence-corrected chi connectivity index (χ0v) is 14.3. The summed E-state index contributed by atoms with van der Waals surface area (Å²) in [6.07, 6.45) is 0. The van der Waals surface area contributed by atoms with Crippen molar-refractivity contribution < 1.29 is 18.3 Å². The van der Waals surface area contributed by atoms with Crippen molar-refractivity contribution in [3.8, 4) is 0 Å². The summed E-state index contributed by atoms with van der Waals surface area (Å²) in [5.74, 6) is -1.16. The predicted molar refractivity (Wildman–Crippen MR) is 89.6 cm³/mol. The summed E-state index contributed by atoms with van der Waals surface area (Å²) in [6, 6.07) is 9.60. The maximum atomic E-state index is 12.9. The first kappa shape index (κ1) is 17.0. The number of anilines is 1. The van der Waals surface area contributed by atoms with Crippen LogP contribution in [0.2, 0.25) is 0 Å². The van der Waals surface area contributed by atoms with Crippen molar-refractivity contribution in [2.75, 3.05) is 11.4 Å². The van der Waals surface area contributed by atoms with E-state index in [1.54, 1.807) is 13.0 Å². The summed E-state index contributed by atoms with van der Waals surface area (Å²) in [5.41, 5.74) is 2.90. The van der Waals surface area contributed by atoms with Gasteiger partial charge in [0.25, 0.3) is 10.0 Å². The van der Waals surface area contributed by atoms with E-state index in [1.807, 2.05) is 26.0 Å². The first-order valence-corrected chi connectivity index (χ1v) is 8.48. The average molecular weight is 333 g/mol. The van der Waals surface area contributed by atoms with Crippen LogP contribution in [0.25, 0.3) is 0 Å². The molecule has 0 amide bonds. The third-order valence-corrected chi connectivity index (χ3v) is 5.68. The van der Waals surface area contributed by atoms with Crippen molar-refractivity contribution in [1.29, 1.82) is 0 Å². The van der Waals surface area contributed by atoms with Gasteiger partial charge in [0, 0.05) is 7.05 Å². The highest BCUT2D eigenvalue weighted by Crippen LogP contribution is 2.28. The minimum absolute atomic E-state index is 0.000116. The number of aromatic carboxylic acids is 1. The molecule has 0 spiro atoms. The van der Waals surface area contributed by atoms with Crippen LogP contribution in [0.1, 0.15) is 27.0 Å². The second-order valence-corrected chi connectivity index (χ2v) is 7.49. The van der Waals surface area contributed by atoms with Crippen LogP contribution in [-0.2, 0) is 10.0 Å². The molecule has 0 fully saturated rings. The Labute approximate surface area is 136 Å². The fourth-order valence-electron chi connectivity index (χ4n) is 2.45. The number of hydrogen-bond donors (Lipinski definition) is 1. The normalized spacial score (nSPS) is 11.3. The number of carboxylic acid groups (broad SMARTS) is 1. The third kappa shape index (κ3) is 3.22. The number of benzene rings is 2. The lowest BCUT2D eigenvalue weighted by Gasteiger charge is -2.23. The zero-order chi connectivity index (χ0) is 17.4. The predicted octanol–water partition coefficient (Wildman–Crippen LogP) is 3.14. The maximum absolute atomic E-state index is 12.9. The van der Waals surface area contributed by atoms with E-state index in [9.17, 15) is 13.2 Å². The molecule has 2 aromatic carbocycles. The van der Waals surface area contributed by atoms with E-state index in [1.165, 1.54) is 29.6 Å². The van der Waals surface area contributed by atoms with Gasteiger partial charge < -0.3 is 5.11 Å². The minimum atomic E-state index is -3.84. The topological polar surface area (TPSA) is 74.7 Å². The lowest BCUT2D eigenvalue weighted by atomic mass is 10.1. The fraction of sp³-hybridized carbons (Fsp3) is 0.235. The Bertz CT molecular complexity index is 872. The van der Waals surface area contributed by atoms with Gasteiger partial charge in [-0.1, -0.05) is 23.8 Å². The molecule has 5 nitrogen and oxygen atoms in total. The molecule has 2 rings (SSSR count). The first-order valence-electron chi connectivity index (χ1n) is 7.04. The highest BCUT2D eigenvalue weighted by molar-refractivity contribution is 7.92. The molecule has 122 valence electrons. The Morgan fingerprint density at radius 2 is 1.65 bits per heavy atom. The van der Waals surface area contributed by atoms with Gasteiger partial charge in [-0.2, -0.15) is 0 Å². The summed E-state index contributed by atoms with van der Waals surface area (Å²) < 4.78 is 27.0. The Morgan fingerprint density at radius 3 is 2.22 bits per heavy atom. The van der Waals surface area contributed by atoms with Crippen LogP contribution in [0.5, 0.6) is 0 Å². The van der Waals surface area contributed by atoms with E-state index >= 15 is 0 Å². The molecule has 0 aliphatic rings. The van der Waals surface area contributed by atoms with Gasteiger partial charge in [0.15, 0.2) is 0 Å². The monoisotopic (exact) mass is 333 g/mol. The highest BCUT2D eigenvalue weighted by Gasteiger charge is 2.25. The molecule has 0 saturated heterocycles. The Balaban J connectivity index is 2.57. The van der Waals surface area contributed by atoms with Crippen LogP contribution in [-0.4, -0.2) is 26.5 Å². The SMILES string of the molecule is Cc1ccc(N(C)S(=O)(=O)c2cc(C(=O)O)ccc2C)c(C)c1. The van der Waals surface area contributed by atoms with Crippen molar-refractivity contribution in [3.05, 3.63) is 58.7 Å². The smallest absolute Gasteiger partial charge is 0.335 e. The lowest BCUT2D eigenvalue weighted by molar-refractivity contribution is 0.0696.